The summed E-state index contributed by atoms with van der Waals surface area (Å²) in [6, 6.07) is 9.13. The predicted molar refractivity (Wildman–Crippen MR) is 119 cm³/mol. The number of hydrogen-bond acceptors (Lipinski definition) is 1. The van der Waals surface area contributed by atoms with Gasteiger partial charge < -0.3 is 4.90 Å². The van der Waals surface area contributed by atoms with E-state index in [1.807, 2.05) is 0 Å². The zero-order chi connectivity index (χ0) is 20.6. The van der Waals surface area contributed by atoms with Crippen LogP contribution in [0.2, 0.25) is 5.02 Å². The van der Waals surface area contributed by atoms with Gasteiger partial charge in [-0.15, -0.1) is 0 Å². The Morgan fingerprint density at radius 2 is 1.69 bits per heavy atom. The summed E-state index contributed by atoms with van der Waals surface area (Å²) >= 11 is 6.18. The minimum absolute atomic E-state index is 0.305. The van der Waals surface area contributed by atoms with Gasteiger partial charge in [0.25, 0.3) is 0 Å². The van der Waals surface area contributed by atoms with Crippen LogP contribution in [0.25, 0.3) is 0 Å². The van der Waals surface area contributed by atoms with Crippen LogP contribution in [0.5, 0.6) is 0 Å². The van der Waals surface area contributed by atoms with E-state index < -0.39 is 0 Å². The van der Waals surface area contributed by atoms with Crippen molar-refractivity contribution in [2.75, 3.05) is 7.05 Å². The van der Waals surface area contributed by atoms with Crippen LogP contribution in [0.1, 0.15) is 77.2 Å². The van der Waals surface area contributed by atoms with Crippen molar-refractivity contribution < 1.29 is 4.79 Å². The molecule has 1 amide bonds. The Kier molecular flexibility index (Phi) is 4.63. The lowest BCUT2D eigenvalue weighted by Crippen LogP contribution is -2.63. The van der Waals surface area contributed by atoms with Gasteiger partial charge in [-0.2, -0.15) is 0 Å². The zero-order valence-corrected chi connectivity index (χ0v) is 19.2. The Labute approximate surface area is 181 Å². The number of carbonyl (C=O) groups is 1. The monoisotopic (exact) mass is 413 g/mol. The first-order chi connectivity index (χ1) is 13.8. The lowest BCUT2D eigenvalue weighted by atomic mass is 9.44. The van der Waals surface area contributed by atoms with E-state index in [-0.39, 0.29) is 0 Å². The Bertz CT molecular complexity index is 805. The number of hydrogen-bond donors (Lipinski definition) is 0. The molecule has 0 aromatic heterocycles. The minimum Gasteiger partial charge on any atom is -0.342 e. The van der Waals surface area contributed by atoms with E-state index >= 15 is 0 Å². The summed E-state index contributed by atoms with van der Waals surface area (Å²) < 4.78 is 0. The molecule has 0 unspecified atom stereocenters. The van der Waals surface area contributed by atoms with Gasteiger partial charge in [0.15, 0.2) is 0 Å². The lowest BCUT2D eigenvalue weighted by Gasteiger charge is -2.63. The summed E-state index contributed by atoms with van der Waals surface area (Å²) in [7, 11) is 2.07. The van der Waals surface area contributed by atoms with Gasteiger partial charge in [-0.1, -0.05) is 44.5 Å². The van der Waals surface area contributed by atoms with E-state index in [4.69, 9.17) is 11.6 Å². The van der Waals surface area contributed by atoms with Crippen molar-refractivity contribution in [3.05, 3.63) is 34.9 Å². The van der Waals surface area contributed by atoms with E-state index in [0.29, 0.717) is 34.6 Å². The van der Waals surface area contributed by atoms with Crippen molar-refractivity contribution in [2.45, 2.75) is 77.7 Å². The number of halogens is 1. The molecule has 0 bridgehead atoms. The highest BCUT2D eigenvalue weighted by Gasteiger charge is 2.62. The molecule has 0 spiro atoms. The molecule has 4 fully saturated rings. The molecule has 1 saturated heterocycles. The Morgan fingerprint density at radius 3 is 2.41 bits per heavy atom. The van der Waals surface area contributed by atoms with E-state index in [9.17, 15) is 4.79 Å². The molecular formula is C26H36ClNO. The van der Waals surface area contributed by atoms with Crippen molar-refractivity contribution in [2.24, 2.45) is 34.5 Å². The second kappa shape index (κ2) is 6.74. The molecule has 1 aliphatic heterocycles. The molecule has 3 saturated carbocycles. The van der Waals surface area contributed by atoms with Crippen LogP contribution in [-0.2, 0) is 4.79 Å². The molecule has 0 radical (unpaired) electrons. The van der Waals surface area contributed by atoms with Gasteiger partial charge in [-0.3, -0.25) is 4.79 Å². The maximum absolute atomic E-state index is 12.4. The molecule has 2 nitrogen and oxygen atoms in total. The first-order valence-corrected chi connectivity index (χ1v) is 12.1. The number of fused-ring (bicyclic) bond motifs is 5. The van der Waals surface area contributed by atoms with Crippen molar-refractivity contribution >= 4 is 17.5 Å². The van der Waals surface area contributed by atoms with Crippen LogP contribution in [0, 0.1) is 34.5 Å². The van der Waals surface area contributed by atoms with Crippen molar-refractivity contribution in [1.29, 1.82) is 0 Å². The number of carbonyl (C=O) groups excluding carboxylic acids is 1. The van der Waals surface area contributed by atoms with Crippen LogP contribution < -0.4 is 0 Å². The molecule has 1 aromatic carbocycles. The first kappa shape index (κ1) is 19.9. The summed E-state index contributed by atoms with van der Waals surface area (Å²) in [5, 5.41) is 0.841. The lowest BCUT2D eigenvalue weighted by molar-refractivity contribution is -0.165. The van der Waals surface area contributed by atoms with Gasteiger partial charge >= 0.3 is 0 Å². The molecule has 4 aliphatic rings. The highest BCUT2D eigenvalue weighted by Crippen LogP contribution is 2.68. The van der Waals surface area contributed by atoms with Crippen LogP contribution in [0.3, 0.4) is 0 Å². The quantitative estimate of drug-likeness (QED) is 0.512. The van der Waals surface area contributed by atoms with Crippen LogP contribution >= 0.6 is 11.6 Å². The van der Waals surface area contributed by atoms with Gasteiger partial charge in [0, 0.05) is 24.5 Å². The molecule has 1 heterocycles. The molecule has 8 atom stereocenters. The van der Waals surface area contributed by atoms with Crippen LogP contribution in [-0.4, -0.2) is 23.9 Å². The molecular weight excluding hydrogens is 378 g/mol. The van der Waals surface area contributed by atoms with E-state index in [1.54, 1.807) is 0 Å². The molecule has 1 aromatic rings. The van der Waals surface area contributed by atoms with Gasteiger partial charge in [0.2, 0.25) is 5.91 Å². The Morgan fingerprint density at radius 1 is 1.00 bits per heavy atom. The number of benzene rings is 1. The third-order valence-corrected chi connectivity index (χ3v) is 10.5. The smallest absolute Gasteiger partial charge is 0.222 e. The largest absolute Gasteiger partial charge is 0.342 e. The SMILES string of the molecule is C[C@H]1C[C@H]2N(C)C(=O)CC[C@]2(C)[C@H]2CC[C@]3(C)[C@@H](c4ccc(Cl)cc4)CC[C@H]3[C@H]12. The summed E-state index contributed by atoms with van der Waals surface area (Å²) in [4.78, 5) is 14.6. The molecule has 3 aliphatic carbocycles. The molecule has 158 valence electrons. The zero-order valence-electron chi connectivity index (χ0n) is 18.5. The van der Waals surface area contributed by atoms with Crippen molar-refractivity contribution in [3.63, 3.8) is 0 Å². The normalized spacial score (nSPS) is 46.8. The summed E-state index contributed by atoms with van der Waals surface area (Å²) in [5.41, 5.74) is 2.20. The van der Waals surface area contributed by atoms with Crippen LogP contribution in [0.15, 0.2) is 24.3 Å². The number of piperidine rings is 1. The highest BCUT2D eigenvalue weighted by molar-refractivity contribution is 6.30. The third kappa shape index (κ3) is 2.77. The van der Waals surface area contributed by atoms with Gasteiger partial charge in [-0.05, 0) is 96.6 Å². The average molecular weight is 414 g/mol. The summed E-state index contributed by atoms with van der Waals surface area (Å²) in [6.07, 6.45) is 8.38. The number of amides is 1. The van der Waals surface area contributed by atoms with Crippen molar-refractivity contribution in [3.8, 4) is 0 Å². The maximum Gasteiger partial charge on any atom is 0.222 e. The number of nitrogens with zero attached hydrogens (tertiary/aromatic N) is 1. The van der Waals surface area contributed by atoms with Crippen LogP contribution in [0.4, 0.5) is 0 Å². The average Bonchev–Trinajstić information content (AvgIpc) is 3.05. The topological polar surface area (TPSA) is 20.3 Å². The van der Waals surface area contributed by atoms with E-state index in [1.165, 1.54) is 37.7 Å². The Hall–Kier alpha value is -1.02. The molecule has 5 rings (SSSR count). The Balaban J connectivity index is 1.47. The van der Waals surface area contributed by atoms with Gasteiger partial charge in [0.1, 0.15) is 0 Å². The summed E-state index contributed by atoms with van der Waals surface area (Å²) in [6.45, 7) is 7.61. The fraction of sp³-hybridized carbons (Fsp3) is 0.731. The van der Waals surface area contributed by atoms with Gasteiger partial charge in [-0.25, -0.2) is 0 Å². The molecule has 0 N–H and O–H groups in total. The maximum atomic E-state index is 12.4. The summed E-state index contributed by atoms with van der Waals surface area (Å²) in [5.74, 6) is 4.14. The first-order valence-electron chi connectivity index (χ1n) is 11.8. The third-order valence-electron chi connectivity index (χ3n) is 10.2. The van der Waals surface area contributed by atoms with E-state index in [0.717, 1.165) is 35.6 Å². The van der Waals surface area contributed by atoms with E-state index in [2.05, 4.69) is 57.0 Å². The second-order valence-electron chi connectivity index (χ2n) is 11.3. The fourth-order valence-corrected chi connectivity index (χ4v) is 8.83. The fourth-order valence-electron chi connectivity index (χ4n) is 8.70. The molecule has 29 heavy (non-hydrogen) atoms. The predicted octanol–water partition coefficient (Wildman–Crippen LogP) is 6.53. The number of rotatable bonds is 1. The van der Waals surface area contributed by atoms with Gasteiger partial charge in [0.05, 0.1) is 0 Å². The highest BCUT2D eigenvalue weighted by atomic mass is 35.5. The standard InChI is InChI=1S/C26H36ClNO/c1-16-15-22-26(3,14-12-23(29)28(22)4)21-11-13-25(2)19(9-10-20(25)24(16)21)17-5-7-18(27)8-6-17/h5-8,16,19-22,24H,9-15H2,1-4H3/t16-,19+,20-,21-,22+,24-,25+,26+/m0/s1. The number of likely N-dealkylation sites (tertiary alicyclic amines) is 1. The minimum atomic E-state index is 0.305. The second-order valence-corrected chi connectivity index (χ2v) is 11.7. The van der Waals surface area contributed by atoms with Crippen molar-refractivity contribution in [1.82, 2.24) is 4.90 Å². The molecule has 3 heteroatoms.